The predicted molar refractivity (Wildman–Crippen MR) is 78.3 cm³/mol. The average molecular weight is 313 g/mol. The maximum atomic E-state index is 12.0. The van der Waals surface area contributed by atoms with Gasteiger partial charge >= 0.3 is 0 Å². The molecule has 4 heteroatoms. The van der Waals surface area contributed by atoms with Crippen LogP contribution in [-0.4, -0.2) is 19.0 Å². The summed E-state index contributed by atoms with van der Waals surface area (Å²) in [4.78, 5) is 12.0. The number of amides is 1. The molecule has 2 N–H and O–H groups in total. The van der Waals surface area contributed by atoms with Gasteiger partial charge in [0.1, 0.15) is 0 Å². The number of hydrogen-bond donors (Lipinski definition) is 2. The quantitative estimate of drug-likeness (QED) is 0.848. The highest BCUT2D eigenvalue weighted by atomic mass is 79.9. The van der Waals surface area contributed by atoms with Crippen molar-refractivity contribution in [2.24, 2.45) is 5.92 Å². The molecule has 1 aromatic rings. The zero-order valence-corrected chi connectivity index (χ0v) is 12.8. The number of rotatable bonds is 6. The fourth-order valence-electron chi connectivity index (χ4n) is 1.79. The Kier molecular flexibility index (Phi) is 6.36. The van der Waals surface area contributed by atoms with Crippen LogP contribution in [-0.2, 0) is 11.3 Å². The molecule has 1 atom stereocenters. The van der Waals surface area contributed by atoms with Gasteiger partial charge in [0.2, 0.25) is 5.91 Å². The van der Waals surface area contributed by atoms with Crippen LogP contribution in [0.2, 0.25) is 0 Å². The lowest BCUT2D eigenvalue weighted by Crippen LogP contribution is -2.43. The van der Waals surface area contributed by atoms with Crippen LogP contribution in [0.1, 0.15) is 25.8 Å². The van der Waals surface area contributed by atoms with Crippen molar-refractivity contribution in [3.63, 3.8) is 0 Å². The molecule has 1 rings (SSSR count). The summed E-state index contributed by atoms with van der Waals surface area (Å²) in [6.07, 6.45) is 0.848. The van der Waals surface area contributed by atoms with Crippen LogP contribution in [0.15, 0.2) is 28.7 Å². The lowest BCUT2D eigenvalue weighted by Gasteiger charge is -2.18. The minimum atomic E-state index is -0.114. The van der Waals surface area contributed by atoms with E-state index in [1.807, 2.05) is 31.3 Å². The number of carbonyl (C=O) groups is 1. The van der Waals surface area contributed by atoms with Gasteiger partial charge < -0.3 is 10.6 Å². The summed E-state index contributed by atoms with van der Waals surface area (Å²) >= 11 is 3.42. The molecule has 0 aliphatic heterocycles. The lowest BCUT2D eigenvalue weighted by molar-refractivity contribution is -0.123. The fourth-order valence-corrected chi connectivity index (χ4v) is 2.23. The van der Waals surface area contributed by atoms with Gasteiger partial charge in [-0.3, -0.25) is 4.79 Å². The molecule has 1 aromatic carbocycles. The first-order valence-electron chi connectivity index (χ1n) is 6.22. The first kappa shape index (κ1) is 15.2. The van der Waals surface area contributed by atoms with Gasteiger partial charge in [-0.1, -0.05) is 41.9 Å². The van der Waals surface area contributed by atoms with E-state index in [4.69, 9.17) is 0 Å². The molecule has 3 nitrogen and oxygen atoms in total. The second kappa shape index (κ2) is 7.54. The summed E-state index contributed by atoms with van der Waals surface area (Å²) in [5.41, 5.74) is 1.09. The predicted octanol–water partition coefficient (Wildman–Crippen LogP) is 2.70. The zero-order chi connectivity index (χ0) is 13.5. The van der Waals surface area contributed by atoms with Gasteiger partial charge in [0.15, 0.2) is 0 Å². The summed E-state index contributed by atoms with van der Waals surface area (Å²) in [6, 6.07) is 7.84. The third-order valence-electron chi connectivity index (χ3n) is 2.73. The molecule has 0 unspecified atom stereocenters. The lowest BCUT2D eigenvalue weighted by atomic mass is 10.0. The van der Waals surface area contributed by atoms with Crippen LogP contribution in [0.3, 0.4) is 0 Å². The van der Waals surface area contributed by atoms with E-state index in [-0.39, 0.29) is 11.9 Å². The van der Waals surface area contributed by atoms with Gasteiger partial charge in [-0.2, -0.15) is 0 Å². The first-order chi connectivity index (χ1) is 8.52. The number of carbonyl (C=O) groups excluding carboxylic acids is 1. The molecular formula is C14H21BrN2O. The molecule has 0 aliphatic carbocycles. The number of halogens is 1. The normalized spacial score (nSPS) is 12.5. The summed E-state index contributed by atoms with van der Waals surface area (Å²) in [6.45, 7) is 4.80. The smallest absolute Gasteiger partial charge is 0.237 e. The molecule has 1 amide bonds. The molecule has 0 bridgehead atoms. The maximum absolute atomic E-state index is 12.0. The van der Waals surface area contributed by atoms with E-state index >= 15 is 0 Å². The van der Waals surface area contributed by atoms with Gasteiger partial charge in [0.05, 0.1) is 6.04 Å². The monoisotopic (exact) mass is 312 g/mol. The maximum Gasteiger partial charge on any atom is 0.237 e. The topological polar surface area (TPSA) is 41.1 Å². The van der Waals surface area contributed by atoms with E-state index < -0.39 is 0 Å². The second-order valence-corrected chi connectivity index (χ2v) is 5.73. The number of nitrogens with one attached hydrogen (secondary N) is 2. The molecule has 0 heterocycles. The van der Waals surface area contributed by atoms with Crippen molar-refractivity contribution in [1.82, 2.24) is 10.6 Å². The number of likely N-dealkylation sites (N-methyl/N-ethyl adjacent to an activating group) is 1. The minimum Gasteiger partial charge on any atom is -0.351 e. The highest BCUT2D eigenvalue weighted by Crippen LogP contribution is 2.11. The molecule has 0 aromatic heterocycles. The molecule has 0 radical (unpaired) electrons. The van der Waals surface area contributed by atoms with Crippen molar-refractivity contribution in [1.29, 1.82) is 0 Å². The Hall–Kier alpha value is -0.870. The summed E-state index contributed by atoms with van der Waals surface area (Å²) in [5.74, 6) is 0.560. The third kappa shape index (κ3) is 5.19. The van der Waals surface area contributed by atoms with Gasteiger partial charge in [-0.25, -0.2) is 0 Å². The highest BCUT2D eigenvalue weighted by molar-refractivity contribution is 9.10. The van der Waals surface area contributed by atoms with E-state index in [1.165, 1.54) is 0 Å². The van der Waals surface area contributed by atoms with Crippen molar-refractivity contribution in [3.8, 4) is 0 Å². The average Bonchev–Trinajstić information content (AvgIpc) is 2.33. The van der Waals surface area contributed by atoms with Gasteiger partial charge in [0, 0.05) is 11.0 Å². The Morgan fingerprint density at radius 2 is 2.11 bits per heavy atom. The molecule has 0 spiro atoms. The Labute approximate surface area is 117 Å². The van der Waals surface area contributed by atoms with Gasteiger partial charge in [0.25, 0.3) is 0 Å². The highest BCUT2D eigenvalue weighted by Gasteiger charge is 2.16. The zero-order valence-electron chi connectivity index (χ0n) is 11.2. The molecule has 0 aliphatic rings. The van der Waals surface area contributed by atoms with Gasteiger partial charge in [-0.05, 0) is 37.1 Å². The van der Waals surface area contributed by atoms with E-state index in [1.54, 1.807) is 0 Å². The molecule has 100 valence electrons. The van der Waals surface area contributed by atoms with Gasteiger partial charge in [-0.15, -0.1) is 0 Å². The largest absolute Gasteiger partial charge is 0.351 e. The summed E-state index contributed by atoms with van der Waals surface area (Å²) < 4.78 is 1.03. The van der Waals surface area contributed by atoms with E-state index in [0.717, 1.165) is 16.5 Å². The molecule has 18 heavy (non-hydrogen) atoms. The molecule has 0 saturated heterocycles. The Bertz CT molecular complexity index is 393. The minimum absolute atomic E-state index is 0.0613. The number of benzene rings is 1. The SMILES string of the molecule is CN[C@@H](CC(C)C)C(=O)NCc1cccc(Br)c1. The Morgan fingerprint density at radius 3 is 2.67 bits per heavy atom. The fraction of sp³-hybridized carbons (Fsp3) is 0.500. The van der Waals surface area contributed by atoms with Crippen molar-refractivity contribution in [3.05, 3.63) is 34.3 Å². The molecule has 0 saturated carbocycles. The standard InChI is InChI=1S/C14H21BrN2O/c1-10(2)7-13(16-3)14(18)17-9-11-5-4-6-12(15)8-11/h4-6,8,10,13,16H,7,9H2,1-3H3,(H,17,18)/t13-/m0/s1. The summed E-state index contributed by atoms with van der Waals surface area (Å²) in [7, 11) is 1.83. The van der Waals surface area contributed by atoms with Crippen molar-refractivity contribution >= 4 is 21.8 Å². The van der Waals surface area contributed by atoms with Crippen molar-refractivity contribution in [2.45, 2.75) is 32.9 Å². The van der Waals surface area contributed by atoms with E-state index in [9.17, 15) is 4.79 Å². The first-order valence-corrected chi connectivity index (χ1v) is 7.01. The van der Waals surface area contributed by atoms with Crippen LogP contribution >= 0.6 is 15.9 Å². The molecule has 0 fully saturated rings. The Morgan fingerprint density at radius 1 is 1.39 bits per heavy atom. The summed E-state index contributed by atoms with van der Waals surface area (Å²) in [5, 5.41) is 6.02. The van der Waals surface area contributed by atoms with Crippen LogP contribution in [0.5, 0.6) is 0 Å². The second-order valence-electron chi connectivity index (χ2n) is 4.82. The van der Waals surface area contributed by atoms with Crippen LogP contribution in [0.25, 0.3) is 0 Å². The van der Waals surface area contributed by atoms with Crippen molar-refractivity contribution < 1.29 is 4.79 Å². The van der Waals surface area contributed by atoms with Crippen LogP contribution in [0, 0.1) is 5.92 Å². The van der Waals surface area contributed by atoms with Crippen molar-refractivity contribution in [2.75, 3.05) is 7.05 Å². The van der Waals surface area contributed by atoms with Crippen LogP contribution < -0.4 is 10.6 Å². The number of hydrogen-bond acceptors (Lipinski definition) is 2. The molecular weight excluding hydrogens is 292 g/mol. The Balaban J connectivity index is 2.49. The van der Waals surface area contributed by atoms with Crippen LogP contribution in [0.4, 0.5) is 0 Å². The van der Waals surface area contributed by atoms with E-state index in [2.05, 4.69) is 40.4 Å². The van der Waals surface area contributed by atoms with E-state index in [0.29, 0.717) is 12.5 Å². The third-order valence-corrected chi connectivity index (χ3v) is 3.22.